The average molecular weight is 384 g/mol. The lowest BCUT2D eigenvalue weighted by Crippen LogP contribution is -2.34. The van der Waals surface area contributed by atoms with Gasteiger partial charge in [0.25, 0.3) is 5.56 Å². The number of fused-ring (bicyclic) bond motifs is 1. The number of hydrogen-bond donors (Lipinski definition) is 1. The molecule has 1 atom stereocenters. The van der Waals surface area contributed by atoms with Gasteiger partial charge < -0.3 is 10.1 Å². The van der Waals surface area contributed by atoms with Crippen LogP contribution >= 0.6 is 23.4 Å². The Morgan fingerprint density at radius 2 is 2.24 bits per heavy atom. The number of aromatic nitrogens is 2. The van der Waals surface area contributed by atoms with Gasteiger partial charge in [0.05, 0.1) is 22.8 Å². The Balaban J connectivity index is 2.33. The predicted octanol–water partition coefficient (Wildman–Crippen LogP) is 2.70. The van der Waals surface area contributed by atoms with Crippen molar-refractivity contribution in [3.05, 3.63) is 33.6 Å². The number of nitrogens with zero attached hydrogens (tertiary/aromatic N) is 2. The van der Waals surface area contributed by atoms with Crippen molar-refractivity contribution in [2.45, 2.75) is 37.2 Å². The highest BCUT2D eigenvalue weighted by molar-refractivity contribution is 8.00. The van der Waals surface area contributed by atoms with Crippen LogP contribution in [0.1, 0.15) is 20.3 Å². The first-order valence-corrected chi connectivity index (χ1v) is 9.37. The van der Waals surface area contributed by atoms with E-state index in [9.17, 15) is 9.59 Å². The smallest absolute Gasteiger partial charge is 0.262 e. The number of ether oxygens (including phenoxy) is 1. The van der Waals surface area contributed by atoms with Crippen LogP contribution in [0.3, 0.4) is 0 Å². The Labute approximate surface area is 155 Å². The van der Waals surface area contributed by atoms with Crippen LogP contribution in [-0.2, 0) is 16.1 Å². The van der Waals surface area contributed by atoms with Crippen molar-refractivity contribution in [3.8, 4) is 0 Å². The monoisotopic (exact) mass is 383 g/mol. The van der Waals surface area contributed by atoms with Crippen molar-refractivity contribution in [3.63, 3.8) is 0 Å². The molecular weight excluding hydrogens is 362 g/mol. The SMILES string of the molecule is CCCn1c(S[C@@H](C)C(=O)NCCOC)nc2cc(Cl)ccc2c1=O. The van der Waals surface area contributed by atoms with Gasteiger partial charge in [-0.15, -0.1) is 0 Å². The zero-order valence-electron chi connectivity index (χ0n) is 14.5. The summed E-state index contributed by atoms with van der Waals surface area (Å²) in [5.74, 6) is -0.120. The normalized spacial score (nSPS) is 12.3. The van der Waals surface area contributed by atoms with Crippen molar-refractivity contribution in [1.29, 1.82) is 0 Å². The van der Waals surface area contributed by atoms with E-state index in [0.717, 1.165) is 6.42 Å². The molecule has 0 aliphatic heterocycles. The van der Waals surface area contributed by atoms with Crippen LogP contribution in [0.15, 0.2) is 28.2 Å². The Morgan fingerprint density at radius 1 is 1.48 bits per heavy atom. The summed E-state index contributed by atoms with van der Waals surface area (Å²) >= 11 is 7.29. The Kier molecular flexibility index (Phi) is 7.28. The maximum Gasteiger partial charge on any atom is 0.262 e. The molecule has 0 saturated carbocycles. The van der Waals surface area contributed by atoms with Crippen LogP contribution in [-0.4, -0.2) is 41.0 Å². The molecule has 8 heteroatoms. The third-order valence-electron chi connectivity index (χ3n) is 3.59. The van der Waals surface area contributed by atoms with Crippen LogP contribution in [0.25, 0.3) is 10.9 Å². The number of nitrogens with one attached hydrogen (secondary N) is 1. The molecule has 0 aliphatic rings. The number of thioether (sulfide) groups is 1. The summed E-state index contributed by atoms with van der Waals surface area (Å²) in [6.45, 7) is 5.23. The zero-order valence-corrected chi connectivity index (χ0v) is 16.1. The molecule has 0 unspecified atom stereocenters. The van der Waals surface area contributed by atoms with Crippen molar-refractivity contribution >= 4 is 40.2 Å². The van der Waals surface area contributed by atoms with Crippen molar-refractivity contribution < 1.29 is 9.53 Å². The van der Waals surface area contributed by atoms with Gasteiger partial charge in [-0.05, 0) is 31.5 Å². The van der Waals surface area contributed by atoms with E-state index in [2.05, 4.69) is 10.3 Å². The van der Waals surface area contributed by atoms with Gasteiger partial charge in [-0.2, -0.15) is 0 Å². The first kappa shape index (κ1) is 19.8. The minimum atomic E-state index is -0.386. The zero-order chi connectivity index (χ0) is 18.4. The molecule has 1 aromatic heterocycles. The van der Waals surface area contributed by atoms with E-state index >= 15 is 0 Å². The van der Waals surface area contributed by atoms with Gasteiger partial charge in [-0.3, -0.25) is 14.2 Å². The highest BCUT2D eigenvalue weighted by Gasteiger charge is 2.19. The number of halogens is 1. The van der Waals surface area contributed by atoms with Crippen molar-refractivity contribution in [1.82, 2.24) is 14.9 Å². The first-order chi connectivity index (χ1) is 12.0. The molecule has 136 valence electrons. The predicted molar refractivity (Wildman–Crippen MR) is 102 cm³/mol. The van der Waals surface area contributed by atoms with Crippen LogP contribution in [0, 0.1) is 0 Å². The molecule has 2 rings (SSSR count). The van der Waals surface area contributed by atoms with Gasteiger partial charge in [0.2, 0.25) is 5.91 Å². The number of carbonyl (C=O) groups is 1. The summed E-state index contributed by atoms with van der Waals surface area (Å²) in [5, 5.41) is 3.98. The van der Waals surface area contributed by atoms with Gasteiger partial charge in [0, 0.05) is 25.2 Å². The van der Waals surface area contributed by atoms with Gasteiger partial charge in [0.15, 0.2) is 5.16 Å². The standard InChI is InChI=1S/C17H22ClN3O3S/c1-4-8-21-16(23)13-6-5-12(18)10-14(13)20-17(21)25-11(2)15(22)19-7-9-24-3/h5-6,10-11H,4,7-9H2,1-3H3,(H,19,22)/t11-/m0/s1. The molecule has 1 amide bonds. The summed E-state index contributed by atoms with van der Waals surface area (Å²) in [4.78, 5) is 29.5. The van der Waals surface area contributed by atoms with E-state index in [1.54, 1.807) is 36.8 Å². The Morgan fingerprint density at radius 3 is 2.92 bits per heavy atom. The first-order valence-electron chi connectivity index (χ1n) is 8.11. The fourth-order valence-corrected chi connectivity index (χ4v) is 3.44. The number of amides is 1. The fourth-order valence-electron chi connectivity index (χ4n) is 2.32. The summed E-state index contributed by atoms with van der Waals surface area (Å²) in [6, 6.07) is 5.04. The quantitative estimate of drug-likeness (QED) is 0.431. The molecule has 6 nitrogen and oxygen atoms in total. The lowest BCUT2D eigenvalue weighted by atomic mass is 10.2. The van der Waals surface area contributed by atoms with Gasteiger partial charge in [-0.1, -0.05) is 30.3 Å². The number of rotatable bonds is 8. The molecule has 0 bridgehead atoms. The van der Waals surface area contributed by atoms with E-state index in [-0.39, 0.29) is 16.7 Å². The summed E-state index contributed by atoms with van der Waals surface area (Å²) in [5.41, 5.74) is 0.428. The maximum atomic E-state index is 12.8. The van der Waals surface area contributed by atoms with E-state index in [0.29, 0.717) is 40.8 Å². The van der Waals surface area contributed by atoms with Crippen LogP contribution < -0.4 is 10.9 Å². The molecule has 0 saturated heterocycles. The number of methoxy groups -OCH3 is 1. The second-order valence-electron chi connectivity index (χ2n) is 5.56. The molecule has 0 aliphatic carbocycles. The summed E-state index contributed by atoms with van der Waals surface area (Å²) in [6.07, 6.45) is 0.794. The molecule has 0 radical (unpaired) electrons. The van der Waals surface area contributed by atoms with Crippen molar-refractivity contribution in [2.75, 3.05) is 20.3 Å². The van der Waals surface area contributed by atoms with Crippen LogP contribution in [0.5, 0.6) is 0 Å². The maximum absolute atomic E-state index is 12.8. The number of benzene rings is 1. The van der Waals surface area contributed by atoms with Crippen LogP contribution in [0.4, 0.5) is 0 Å². The van der Waals surface area contributed by atoms with E-state index in [4.69, 9.17) is 16.3 Å². The second kappa shape index (κ2) is 9.22. The third-order valence-corrected chi connectivity index (χ3v) is 4.91. The average Bonchev–Trinajstić information content (AvgIpc) is 2.58. The molecule has 2 aromatic rings. The third kappa shape index (κ3) is 4.96. The highest BCUT2D eigenvalue weighted by Crippen LogP contribution is 2.24. The fraction of sp³-hybridized carbons (Fsp3) is 0.471. The van der Waals surface area contributed by atoms with Gasteiger partial charge >= 0.3 is 0 Å². The molecular formula is C17H22ClN3O3S. The number of carbonyl (C=O) groups excluding carboxylic acids is 1. The van der Waals surface area contributed by atoms with Crippen LogP contribution in [0.2, 0.25) is 5.02 Å². The minimum absolute atomic E-state index is 0.113. The molecule has 1 heterocycles. The molecule has 25 heavy (non-hydrogen) atoms. The topological polar surface area (TPSA) is 73.2 Å². The molecule has 0 spiro atoms. The second-order valence-corrected chi connectivity index (χ2v) is 7.30. The molecule has 1 aromatic carbocycles. The molecule has 1 N–H and O–H groups in total. The van der Waals surface area contributed by atoms with E-state index < -0.39 is 0 Å². The largest absolute Gasteiger partial charge is 0.383 e. The molecule has 0 fully saturated rings. The van der Waals surface area contributed by atoms with Gasteiger partial charge in [-0.25, -0.2) is 4.98 Å². The Bertz CT molecular complexity index is 810. The lowest BCUT2D eigenvalue weighted by molar-refractivity contribution is -0.120. The summed E-state index contributed by atoms with van der Waals surface area (Å²) < 4.78 is 6.55. The number of hydrogen-bond acceptors (Lipinski definition) is 5. The van der Waals surface area contributed by atoms with Crippen molar-refractivity contribution in [2.24, 2.45) is 0 Å². The summed E-state index contributed by atoms with van der Waals surface area (Å²) in [7, 11) is 1.58. The van der Waals surface area contributed by atoms with Gasteiger partial charge in [0.1, 0.15) is 0 Å². The Hall–Kier alpha value is -1.57. The highest BCUT2D eigenvalue weighted by atomic mass is 35.5. The lowest BCUT2D eigenvalue weighted by Gasteiger charge is -2.16. The van der Waals surface area contributed by atoms with E-state index in [1.807, 2.05) is 6.92 Å². The minimum Gasteiger partial charge on any atom is -0.383 e. The van der Waals surface area contributed by atoms with E-state index in [1.165, 1.54) is 11.8 Å².